The van der Waals surface area contributed by atoms with Gasteiger partial charge in [-0.1, -0.05) is 6.42 Å². The molecule has 1 amide bonds. The normalized spacial score (nSPS) is 12.3. The number of primary amides is 1. The molecular formula is C9H21N3O3S. The van der Waals surface area contributed by atoms with E-state index in [-0.39, 0.29) is 5.91 Å². The van der Waals surface area contributed by atoms with Crippen LogP contribution >= 0.6 is 0 Å². The van der Waals surface area contributed by atoms with E-state index in [0.717, 1.165) is 12.8 Å². The molecule has 16 heavy (non-hydrogen) atoms. The molecular weight excluding hydrogens is 230 g/mol. The summed E-state index contributed by atoms with van der Waals surface area (Å²) < 4.78 is 24.0. The molecule has 0 atom stereocenters. The van der Waals surface area contributed by atoms with Crippen LogP contribution in [-0.4, -0.2) is 50.6 Å². The molecule has 0 aromatic rings. The molecule has 0 spiro atoms. The number of amides is 1. The lowest BCUT2D eigenvalue weighted by atomic mass is 10.2. The van der Waals surface area contributed by atoms with Crippen LogP contribution in [0.2, 0.25) is 0 Å². The lowest BCUT2D eigenvalue weighted by Crippen LogP contribution is -2.41. The van der Waals surface area contributed by atoms with Crippen molar-refractivity contribution in [3.63, 3.8) is 0 Å². The van der Waals surface area contributed by atoms with Crippen LogP contribution in [0.1, 0.15) is 25.7 Å². The molecule has 7 heteroatoms. The van der Waals surface area contributed by atoms with Crippen molar-refractivity contribution in [1.82, 2.24) is 9.42 Å². The smallest absolute Gasteiger partial charge is 0.224 e. The quantitative estimate of drug-likeness (QED) is 0.477. The molecule has 0 fully saturated rings. The fourth-order valence-electron chi connectivity index (χ4n) is 1.39. The van der Waals surface area contributed by atoms with Crippen molar-refractivity contribution in [1.29, 1.82) is 0 Å². The van der Waals surface area contributed by atoms with Gasteiger partial charge in [0.1, 0.15) is 0 Å². The highest BCUT2D eigenvalue weighted by Crippen LogP contribution is 2.06. The molecule has 0 aliphatic rings. The standard InChI is InChI=1S/C9H21N3O3S/c1-11(2)12(16(3,14)15)8-6-4-5-7-9(10)13/h4-8H2,1-3H3,(H2,10,13). The van der Waals surface area contributed by atoms with Crippen molar-refractivity contribution in [2.75, 3.05) is 26.9 Å². The lowest BCUT2D eigenvalue weighted by molar-refractivity contribution is -0.118. The van der Waals surface area contributed by atoms with Gasteiger partial charge in [-0.05, 0) is 12.8 Å². The van der Waals surface area contributed by atoms with E-state index in [9.17, 15) is 13.2 Å². The summed E-state index contributed by atoms with van der Waals surface area (Å²) >= 11 is 0. The maximum absolute atomic E-state index is 11.4. The highest BCUT2D eigenvalue weighted by Gasteiger charge is 2.17. The van der Waals surface area contributed by atoms with Gasteiger partial charge >= 0.3 is 0 Å². The van der Waals surface area contributed by atoms with Crippen molar-refractivity contribution in [2.45, 2.75) is 25.7 Å². The average molecular weight is 251 g/mol. The summed E-state index contributed by atoms with van der Waals surface area (Å²) in [5, 5.41) is 1.55. The summed E-state index contributed by atoms with van der Waals surface area (Å²) in [5.74, 6) is -0.312. The number of carbonyl (C=O) groups is 1. The minimum atomic E-state index is -3.20. The third-order valence-corrected chi connectivity index (χ3v) is 3.38. The highest BCUT2D eigenvalue weighted by molar-refractivity contribution is 7.88. The fourth-order valence-corrected chi connectivity index (χ4v) is 2.44. The van der Waals surface area contributed by atoms with E-state index in [4.69, 9.17) is 5.73 Å². The van der Waals surface area contributed by atoms with Crippen molar-refractivity contribution in [2.24, 2.45) is 5.73 Å². The summed E-state index contributed by atoms with van der Waals surface area (Å²) in [6.07, 6.45) is 3.76. The number of nitrogens with two attached hydrogens (primary N) is 1. The number of nitrogens with zero attached hydrogens (tertiary/aromatic N) is 2. The topological polar surface area (TPSA) is 83.7 Å². The minimum absolute atomic E-state index is 0.312. The van der Waals surface area contributed by atoms with E-state index >= 15 is 0 Å². The molecule has 0 aliphatic heterocycles. The van der Waals surface area contributed by atoms with E-state index < -0.39 is 10.0 Å². The Bertz CT molecular complexity index is 314. The van der Waals surface area contributed by atoms with Crippen LogP contribution in [0.4, 0.5) is 0 Å². The van der Waals surface area contributed by atoms with E-state index in [1.54, 1.807) is 19.1 Å². The first-order chi connectivity index (χ1) is 7.25. The predicted octanol–water partition coefficient (Wildman–Crippen LogP) is -0.230. The summed E-state index contributed by atoms with van der Waals surface area (Å²) in [6, 6.07) is 0. The molecule has 0 aromatic heterocycles. The summed E-state index contributed by atoms with van der Waals surface area (Å²) in [6.45, 7) is 0.435. The van der Waals surface area contributed by atoms with Gasteiger partial charge in [0.25, 0.3) is 0 Å². The average Bonchev–Trinajstić information content (AvgIpc) is 2.07. The van der Waals surface area contributed by atoms with E-state index in [0.29, 0.717) is 19.4 Å². The molecule has 0 aromatic carbocycles. The van der Waals surface area contributed by atoms with Gasteiger partial charge in [-0.15, -0.1) is 4.41 Å². The second-order valence-electron chi connectivity index (χ2n) is 3.93. The number of hydrazine groups is 1. The third-order valence-electron chi connectivity index (χ3n) is 2.10. The second-order valence-corrected chi connectivity index (χ2v) is 5.82. The lowest BCUT2D eigenvalue weighted by Gasteiger charge is -2.26. The first-order valence-electron chi connectivity index (χ1n) is 5.18. The van der Waals surface area contributed by atoms with Crippen molar-refractivity contribution < 1.29 is 13.2 Å². The van der Waals surface area contributed by atoms with Crippen LogP contribution < -0.4 is 5.73 Å². The van der Waals surface area contributed by atoms with Crippen LogP contribution in [0.3, 0.4) is 0 Å². The van der Waals surface area contributed by atoms with Crippen LogP contribution in [-0.2, 0) is 14.8 Å². The van der Waals surface area contributed by atoms with Gasteiger partial charge in [0.15, 0.2) is 0 Å². The van der Waals surface area contributed by atoms with Gasteiger partial charge in [0, 0.05) is 27.1 Å². The Balaban J connectivity index is 3.92. The zero-order valence-electron chi connectivity index (χ0n) is 10.1. The first kappa shape index (κ1) is 15.3. The predicted molar refractivity (Wildman–Crippen MR) is 62.9 cm³/mol. The monoisotopic (exact) mass is 251 g/mol. The second kappa shape index (κ2) is 6.82. The van der Waals surface area contributed by atoms with Gasteiger partial charge in [-0.3, -0.25) is 4.79 Å². The molecule has 96 valence electrons. The molecule has 0 rings (SSSR count). The molecule has 0 bridgehead atoms. The molecule has 0 saturated carbocycles. The van der Waals surface area contributed by atoms with Gasteiger partial charge in [-0.25, -0.2) is 13.4 Å². The summed E-state index contributed by atoms with van der Waals surface area (Å²) in [5.41, 5.74) is 5.00. The number of hydrogen-bond donors (Lipinski definition) is 1. The van der Waals surface area contributed by atoms with Crippen LogP contribution in [0.25, 0.3) is 0 Å². The summed E-state index contributed by atoms with van der Waals surface area (Å²) in [4.78, 5) is 10.5. The number of carbonyl (C=O) groups excluding carboxylic acids is 1. The molecule has 0 heterocycles. The van der Waals surface area contributed by atoms with E-state index in [1.165, 1.54) is 10.7 Å². The molecule has 0 saturated heterocycles. The zero-order chi connectivity index (χ0) is 12.8. The molecule has 0 radical (unpaired) electrons. The van der Waals surface area contributed by atoms with E-state index in [2.05, 4.69) is 0 Å². The van der Waals surface area contributed by atoms with Gasteiger partial charge in [-0.2, -0.15) is 0 Å². The number of sulfonamides is 1. The Morgan fingerprint density at radius 1 is 1.19 bits per heavy atom. The molecule has 2 N–H and O–H groups in total. The van der Waals surface area contributed by atoms with Crippen molar-refractivity contribution >= 4 is 15.9 Å². The minimum Gasteiger partial charge on any atom is -0.370 e. The Hall–Kier alpha value is -0.660. The summed E-state index contributed by atoms with van der Waals surface area (Å²) in [7, 11) is 0.170. The Morgan fingerprint density at radius 3 is 2.12 bits per heavy atom. The van der Waals surface area contributed by atoms with Crippen LogP contribution in [0, 0.1) is 0 Å². The van der Waals surface area contributed by atoms with Gasteiger partial charge in [0.05, 0.1) is 6.26 Å². The highest BCUT2D eigenvalue weighted by atomic mass is 32.2. The molecule has 0 aliphatic carbocycles. The van der Waals surface area contributed by atoms with Crippen molar-refractivity contribution in [3.8, 4) is 0 Å². The first-order valence-corrected chi connectivity index (χ1v) is 7.03. The number of unbranched alkanes of at least 4 members (excludes halogenated alkanes) is 2. The Morgan fingerprint density at radius 2 is 1.75 bits per heavy atom. The van der Waals surface area contributed by atoms with Crippen LogP contribution in [0.5, 0.6) is 0 Å². The maximum Gasteiger partial charge on any atom is 0.224 e. The largest absolute Gasteiger partial charge is 0.370 e. The third kappa shape index (κ3) is 6.76. The van der Waals surface area contributed by atoms with Gasteiger partial charge in [0.2, 0.25) is 15.9 Å². The molecule has 6 nitrogen and oxygen atoms in total. The maximum atomic E-state index is 11.4. The zero-order valence-corrected chi connectivity index (χ0v) is 11.0. The molecule has 0 unspecified atom stereocenters. The number of hydrogen-bond acceptors (Lipinski definition) is 4. The van der Waals surface area contributed by atoms with E-state index in [1.807, 2.05) is 0 Å². The Kier molecular flexibility index (Phi) is 6.54. The number of rotatable bonds is 8. The van der Waals surface area contributed by atoms with Crippen LogP contribution in [0.15, 0.2) is 0 Å². The van der Waals surface area contributed by atoms with Crippen molar-refractivity contribution in [3.05, 3.63) is 0 Å². The SMILES string of the molecule is CN(C)N(CCCCCC(N)=O)S(C)(=O)=O. The fraction of sp³-hybridized carbons (Fsp3) is 0.889. The Labute approximate surface area is 97.4 Å². The van der Waals surface area contributed by atoms with Gasteiger partial charge < -0.3 is 5.73 Å².